The molecule has 0 saturated heterocycles. The smallest absolute Gasteiger partial charge is 0.337 e. The minimum atomic E-state index is -1.96. The van der Waals surface area contributed by atoms with Crippen molar-refractivity contribution in [1.82, 2.24) is 5.32 Å². The van der Waals surface area contributed by atoms with Crippen molar-refractivity contribution >= 4 is 39.1 Å². The van der Waals surface area contributed by atoms with Crippen molar-refractivity contribution in [3.63, 3.8) is 0 Å². The first kappa shape index (κ1) is 13.1. The second-order valence-electron chi connectivity index (χ2n) is 3.40. The Hall–Kier alpha value is -0.920. The Morgan fingerprint density at radius 1 is 1.62 bits per heavy atom. The van der Waals surface area contributed by atoms with Gasteiger partial charge in [0.05, 0.1) is 15.9 Å². The molecule has 0 spiro atoms. The van der Waals surface area contributed by atoms with Gasteiger partial charge >= 0.3 is 5.97 Å². The Morgan fingerprint density at radius 2 is 2.25 bits per heavy atom. The number of thiophene rings is 1. The van der Waals surface area contributed by atoms with Gasteiger partial charge in [-0.15, -0.1) is 11.3 Å². The molecule has 1 aromatic heterocycles. The van der Waals surface area contributed by atoms with Gasteiger partial charge in [0.2, 0.25) is 0 Å². The number of hydrogen-bond donors (Lipinski definition) is 3. The van der Waals surface area contributed by atoms with E-state index in [1.807, 2.05) is 0 Å². The molecule has 0 aliphatic heterocycles. The largest absolute Gasteiger partial charge is 0.479 e. The van der Waals surface area contributed by atoms with Gasteiger partial charge in [-0.3, -0.25) is 4.79 Å². The maximum Gasteiger partial charge on any atom is 0.337 e. The van der Waals surface area contributed by atoms with Gasteiger partial charge in [-0.25, -0.2) is 4.79 Å². The molecular formula is C9H10BrNO4S. The number of carbonyl (C=O) groups excluding carboxylic acids is 1. The summed E-state index contributed by atoms with van der Waals surface area (Å²) >= 11 is 4.56. The van der Waals surface area contributed by atoms with Crippen molar-refractivity contribution in [1.29, 1.82) is 0 Å². The number of nitrogens with one attached hydrogen (secondary N) is 1. The van der Waals surface area contributed by atoms with E-state index in [9.17, 15) is 14.7 Å². The number of carboxylic acid groups (broad SMARTS) is 1. The average Bonchev–Trinajstić information content (AvgIpc) is 2.61. The summed E-state index contributed by atoms with van der Waals surface area (Å²) in [6, 6.07) is 1.62. The van der Waals surface area contributed by atoms with Gasteiger partial charge in [0.25, 0.3) is 5.91 Å². The lowest BCUT2D eigenvalue weighted by molar-refractivity contribution is -0.155. The molecule has 0 fully saturated rings. The number of carbonyl (C=O) groups is 2. The maximum atomic E-state index is 11.5. The Kier molecular flexibility index (Phi) is 4.06. The highest BCUT2D eigenvalue weighted by molar-refractivity contribution is 9.11. The quantitative estimate of drug-likeness (QED) is 0.777. The van der Waals surface area contributed by atoms with E-state index >= 15 is 0 Å². The highest BCUT2D eigenvalue weighted by Gasteiger charge is 2.30. The van der Waals surface area contributed by atoms with Crippen LogP contribution in [0.15, 0.2) is 15.2 Å². The molecule has 16 heavy (non-hydrogen) atoms. The van der Waals surface area contributed by atoms with E-state index in [4.69, 9.17) is 5.11 Å². The van der Waals surface area contributed by atoms with E-state index in [1.165, 1.54) is 11.3 Å². The molecule has 0 aliphatic carbocycles. The molecule has 0 aromatic carbocycles. The molecule has 1 unspecified atom stereocenters. The van der Waals surface area contributed by atoms with Crippen LogP contribution >= 0.6 is 27.3 Å². The summed E-state index contributed by atoms with van der Waals surface area (Å²) in [5.74, 6) is -1.79. The van der Waals surface area contributed by atoms with Crippen molar-refractivity contribution in [2.45, 2.75) is 12.5 Å². The third-order valence-electron chi connectivity index (χ3n) is 1.88. The first-order valence-corrected chi connectivity index (χ1v) is 5.98. The zero-order valence-corrected chi connectivity index (χ0v) is 10.8. The van der Waals surface area contributed by atoms with E-state index < -0.39 is 17.5 Å². The second kappa shape index (κ2) is 4.94. The van der Waals surface area contributed by atoms with Crippen molar-refractivity contribution < 1.29 is 19.8 Å². The van der Waals surface area contributed by atoms with Crippen LogP contribution in [0.3, 0.4) is 0 Å². The van der Waals surface area contributed by atoms with Crippen molar-refractivity contribution in [3.05, 3.63) is 20.8 Å². The standard InChI is InChI=1S/C9H10BrNO4S/c1-9(15,8(13)14)4-11-7(12)5-2-6(10)16-3-5/h2-3,15H,4H2,1H3,(H,11,12)(H,13,14). The summed E-state index contributed by atoms with van der Waals surface area (Å²) in [5.41, 5.74) is -1.53. The van der Waals surface area contributed by atoms with Gasteiger partial charge < -0.3 is 15.5 Å². The zero-order chi connectivity index (χ0) is 12.3. The minimum absolute atomic E-state index is 0.339. The Balaban J connectivity index is 2.57. The number of hydrogen-bond acceptors (Lipinski definition) is 4. The van der Waals surface area contributed by atoms with Crippen LogP contribution in [0.2, 0.25) is 0 Å². The predicted octanol–water partition coefficient (Wildman–Crippen LogP) is 1.08. The zero-order valence-electron chi connectivity index (χ0n) is 8.36. The lowest BCUT2D eigenvalue weighted by atomic mass is 10.1. The van der Waals surface area contributed by atoms with Gasteiger partial charge in [0, 0.05) is 5.38 Å². The van der Waals surface area contributed by atoms with Gasteiger partial charge in [0.15, 0.2) is 5.60 Å². The van der Waals surface area contributed by atoms with Gasteiger partial charge in [-0.1, -0.05) is 0 Å². The van der Waals surface area contributed by atoms with Crippen molar-refractivity contribution in [2.75, 3.05) is 6.54 Å². The van der Waals surface area contributed by atoms with E-state index in [-0.39, 0.29) is 6.54 Å². The molecule has 0 bridgehead atoms. The molecule has 0 aliphatic rings. The molecule has 1 atom stereocenters. The van der Waals surface area contributed by atoms with E-state index in [2.05, 4.69) is 21.2 Å². The molecule has 0 radical (unpaired) electrons. The van der Waals surface area contributed by atoms with Crippen LogP contribution in [0.25, 0.3) is 0 Å². The van der Waals surface area contributed by atoms with Crippen LogP contribution in [-0.4, -0.2) is 34.2 Å². The van der Waals surface area contributed by atoms with Crippen LogP contribution in [0, 0.1) is 0 Å². The normalized spacial score (nSPS) is 14.2. The molecule has 0 saturated carbocycles. The summed E-state index contributed by atoms with van der Waals surface area (Å²) in [5, 5.41) is 22.0. The number of rotatable bonds is 4. The first-order chi connectivity index (χ1) is 7.33. The SMILES string of the molecule is CC(O)(CNC(=O)c1csc(Br)c1)C(=O)O. The first-order valence-electron chi connectivity index (χ1n) is 4.31. The average molecular weight is 308 g/mol. The molecular weight excluding hydrogens is 298 g/mol. The van der Waals surface area contributed by atoms with Gasteiger partial charge in [-0.05, 0) is 28.9 Å². The number of aliphatic carboxylic acids is 1. The fourth-order valence-electron chi connectivity index (χ4n) is 0.859. The van der Waals surface area contributed by atoms with Crippen LogP contribution in [0.5, 0.6) is 0 Å². The molecule has 7 heteroatoms. The molecule has 1 rings (SSSR count). The minimum Gasteiger partial charge on any atom is -0.479 e. The summed E-state index contributed by atoms with van der Waals surface area (Å²) in [6.07, 6.45) is 0. The molecule has 5 nitrogen and oxygen atoms in total. The Morgan fingerprint density at radius 3 is 2.69 bits per heavy atom. The lowest BCUT2D eigenvalue weighted by Crippen LogP contribution is -2.46. The fourth-order valence-corrected chi connectivity index (χ4v) is 2.00. The molecule has 3 N–H and O–H groups in total. The lowest BCUT2D eigenvalue weighted by Gasteiger charge is -2.17. The topological polar surface area (TPSA) is 86.6 Å². The fraction of sp³-hybridized carbons (Fsp3) is 0.333. The van der Waals surface area contributed by atoms with Gasteiger partial charge in [0.1, 0.15) is 0 Å². The highest BCUT2D eigenvalue weighted by atomic mass is 79.9. The predicted molar refractivity (Wildman–Crippen MR) is 62.6 cm³/mol. The van der Waals surface area contributed by atoms with Crippen molar-refractivity contribution in [3.8, 4) is 0 Å². The summed E-state index contributed by atoms with van der Waals surface area (Å²) in [6.45, 7) is 0.785. The van der Waals surface area contributed by atoms with E-state index in [1.54, 1.807) is 11.4 Å². The van der Waals surface area contributed by atoms with Crippen LogP contribution < -0.4 is 5.32 Å². The van der Waals surface area contributed by atoms with Gasteiger partial charge in [-0.2, -0.15) is 0 Å². The molecule has 1 heterocycles. The summed E-state index contributed by atoms with van der Waals surface area (Å²) in [4.78, 5) is 22.1. The highest BCUT2D eigenvalue weighted by Crippen LogP contribution is 2.20. The summed E-state index contributed by atoms with van der Waals surface area (Å²) < 4.78 is 0.808. The number of amides is 1. The van der Waals surface area contributed by atoms with E-state index in [0.717, 1.165) is 10.7 Å². The van der Waals surface area contributed by atoms with Crippen LogP contribution in [-0.2, 0) is 4.79 Å². The maximum absolute atomic E-state index is 11.5. The molecule has 1 aromatic rings. The monoisotopic (exact) mass is 307 g/mol. The number of halogens is 1. The number of carboxylic acids is 1. The third kappa shape index (κ3) is 3.29. The van der Waals surface area contributed by atoms with Crippen molar-refractivity contribution in [2.24, 2.45) is 0 Å². The third-order valence-corrected chi connectivity index (χ3v) is 3.39. The summed E-state index contributed by atoms with van der Waals surface area (Å²) in [7, 11) is 0. The Labute approximate surface area is 104 Å². The second-order valence-corrected chi connectivity index (χ2v) is 5.69. The van der Waals surface area contributed by atoms with E-state index in [0.29, 0.717) is 5.56 Å². The molecule has 1 amide bonds. The molecule has 88 valence electrons. The number of aliphatic hydroxyl groups is 1. The van der Waals surface area contributed by atoms with Crippen LogP contribution in [0.4, 0.5) is 0 Å². The Bertz CT molecular complexity index is 415. The van der Waals surface area contributed by atoms with Crippen LogP contribution in [0.1, 0.15) is 17.3 Å².